The zero-order valence-corrected chi connectivity index (χ0v) is 8.99. The van der Waals surface area contributed by atoms with Gasteiger partial charge in [-0.15, -0.1) is 0 Å². The normalized spacial score (nSPS) is 11.2. The van der Waals surface area contributed by atoms with Crippen molar-refractivity contribution in [3.05, 3.63) is 40.9 Å². The Labute approximate surface area is 92.9 Å². The number of benzene rings is 1. The lowest BCUT2D eigenvalue weighted by molar-refractivity contribution is -0.131. The first-order valence-electron chi connectivity index (χ1n) is 4.47. The summed E-state index contributed by atoms with van der Waals surface area (Å²) in [4.78, 5) is 10.6. The van der Waals surface area contributed by atoms with Gasteiger partial charge in [0, 0.05) is 10.6 Å². The van der Waals surface area contributed by atoms with Crippen molar-refractivity contribution >= 4 is 23.3 Å². The van der Waals surface area contributed by atoms with E-state index in [1.165, 1.54) is 0 Å². The third-order valence-electron chi connectivity index (χ3n) is 1.66. The molecule has 15 heavy (non-hydrogen) atoms. The minimum Gasteiger partial charge on any atom is -0.493 e. The molecule has 1 N–H and O–H groups in total. The number of hydrogen-bond donors (Lipinski definition) is 1. The average Bonchev–Trinajstić information content (AvgIpc) is 2.16. The Kier molecular flexibility index (Phi) is 4.18. The predicted molar refractivity (Wildman–Crippen MR) is 58.7 cm³/mol. The Hall–Kier alpha value is -1.48. The molecule has 0 unspecified atom stereocenters. The van der Waals surface area contributed by atoms with E-state index in [0.29, 0.717) is 23.0 Å². The smallest absolute Gasteiger partial charge is 0.332 e. The third-order valence-corrected chi connectivity index (χ3v) is 1.90. The molecule has 80 valence electrons. The summed E-state index contributed by atoms with van der Waals surface area (Å²) in [5.41, 5.74) is 0.659. The quantitative estimate of drug-likeness (QED) is 0.634. The van der Waals surface area contributed by atoms with Gasteiger partial charge in [-0.05, 0) is 19.1 Å². The van der Waals surface area contributed by atoms with Crippen LogP contribution >= 0.6 is 11.6 Å². The lowest BCUT2D eigenvalue weighted by Gasteiger charge is -2.07. The number of hydrogen-bond acceptors (Lipinski definition) is 2. The standard InChI is InChI=1S/C11H11ClO3/c1-2-15-10(7-11(13)14)8-4-3-5-9(12)6-8/h3-7H,2H2,1H3,(H,13,14)/b10-7+. The molecular formula is C11H11ClO3. The van der Waals surface area contributed by atoms with E-state index in [4.69, 9.17) is 21.4 Å². The molecule has 0 heterocycles. The summed E-state index contributed by atoms with van der Waals surface area (Å²) in [6, 6.07) is 6.87. The van der Waals surface area contributed by atoms with Gasteiger partial charge < -0.3 is 9.84 Å². The van der Waals surface area contributed by atoms with Gasteiger partial charge in [0.25, 0.3) is 0 Å². The van der Waals surface area contributed by atoms with Crippen molar-refractivity contribution in [2.24, 2.45) is 0 Å². The molecule has 0 atom stereocenters. The van der Waals surface area contributed by atoms with E-state index in [0.717, 1.165) is 6.08 Å². The van der Waals surface area contributed by atoms with Crippen LogP contribution in [0.15, 0.2) is 30.3 Å². The monoisotopic (exact) mass is 226 g/mol. The van der Waals surface area contributed by atoms with Crippen molar-refractivity contribution < 1.29 is 14.6 Å². The largest absolute Gasteiger partial charge is 0.493 e. The van der Waals surface area contributed by atoms with Crippen LogP contribution in [0, 0.1) is 0 Å². The zero-order chi connectivity index (χ0) is 11.3. The maximum atomic E-state index is 10.6. The van der Waals surface area contributed by atoms with Gasteiger partial charge in [0.1, 0.15) is 5.76 Å². The van der Waals surface area contributed by atoms with Crippen molar-refractivity contribution in [3.8, 4) is 0 Å². The van der Waals surface area contributed by atoms with E-state index in [9.17, 15) is 4.79 Å². The van der Waals surface area contributed by atoms with Crippen LogP contribution in [0.2, 0.25) is 5.02 Å². The molecule has 1 rings (SSSR count). The first kappa shape index (κ1) is 11.6. The minimum atomic E-state index is -1.04. The summed E-state index contributed by atoms with van der Waals surface area (Å²) in [6.45, 7) is 2.20. The maximum absolute atomic E-state index is 10.6. The van der Waals surface area contributed by atoms with Crippen LogP contribution in [-0.2, 0) is 9.53 Å². The molecule has 0 aliphatic carbocycles. The number of ether oxygens (including phenoxy) is 1. The number of halogens is 1. The first-order valence-corrected chi connectivity index (χ1v) is 4.84. The molecule has 0 saturated carbocycles. The summed E-state index contributed by atoms with van der Waals surface area (Å²) >= 11 is 5.80. The van der Waals surface area contributed by atoms with Crippen LogP contribution in [-0.4, -0.2) is 17.7 Å². The van der Waals surface area contributed by atoms with Gasteiger partial charge in [0.05, 0.1) is 12.7 Å². The topological polar surface area (TPSA) is 46.5 Å². The van der Waals surface area contributed by atoms with Crippen LogP contribution in [0.1, 0.15) is 12.5 Å². The number of aliphatic carboxylic acids is 1. The zero-order valence-electron chi connectivity index (χ0n) is 8.24. The fourth-order valence-corrected chi connectivity index (χ4v) is 1.31. The molecule has 1 aromatic rings. The number of rotatable bonds is 4. The van der Waals surface area contributed by atoms with Crippen LogP contribution < -0.4 is 0 Å². The highest BCUT2D eigenvalue weighted by atomic mass is 35.5. The summed E-state index contributed by atoms with van der Waals surface area (Å²) in [5, 5.41) is 9.20. The lowest BCUT2D eigenvalue weighted by Crippen LogP contribution is -1.96. The molecule has 4 heteroatoms. The molecule has 3 nitrogen and oxygen atoms in total. The number of carboxylic acid groups (broad SMARTS) is 1. The molecule has 0 saturated heterocycles. The fourth-order valence-electron chi connectivity index (χ4n) is 1.12. The number of carbonyl (C=O) groups is 1. The Morgan fingerprint density at radius 2 is 2.33 bits per heavy atom. The fraction of sp³-hybridized carbons (Fsp3) is 0.182. The highest BCUT2D eigenvalue weighted by Crippen LogP contribution is 2.19. The molecular weight excluding hydrogens is 216 g/mol. The van der Waals surface area contributed by atoms with Gasteiger partial charge in [-0.1, -0.05) is 23.7 Å². The molecule has 0 aromatic heterocycles. The van der Waals surface area contributed by atoms with Crippen molar-refractivity contribution in [2.75, 3.05) is 6.61 Å². The first-order chi connectivity index (χ1) is 7.13. The second-order valence-corrected chi connectivity index (χ2v) is 3.23. The van der Waals surface area contributed by atoms with Gasteiger partial charge in [-0.25, -0.2) is 4.79 Å². The van der Waals surface area contributed by atoms with Crippen LogP contribution in [0.5, 0.6) is 0 Å². The highest BCUT2D eigenvalue weighted by molar-refractivity contribution is 6.30. The van der Waals surface area contributed by atoms with Crippen molar-refractivity contribution in [3.63, 3.8) is 0 Å². The Balaban J connectivity index is 3.04. The maximum Gasteiger partial charge on any atom is 0.332 e. The Morgan fingerprint density at radius 3 is 2.87 bits per heavy atom. The summed E-state index contributed by atoms with van der Waals surface area (Å²) < 4.78 is 5.22. The second kappa shape index (κ2) is 5.41. The molecule has 0 bridgehead atoms. The summed E-state index contributed by atoms with van der Waals surface area (Å²) in [6.07, 6.45) is 1.02. The van der Waals surface area contributed by atoms with E-state index in [-0.39, 0.29) is 0 Å². The summed E-state index contributed by atoms with van der Waals surface area (Å²) in [7, 11) is 0. The highest BCUT2D eigenvalue weighted by Gasteiger charge is 2.05. The molecule has 0 fully saturated rings. The van der Waals surface area contributed by atoms with E-state index in [1.54, 1.807) is 31.2 Å². The van der Waals surface area contributed by atoms with Gasteiger partial charge >= 0.3 is 5.97 Å². The molecule has 0 amide bonds. The van der Waals surface area contributed by atoms with Crippen LogP contribution in [0.25, 0.3) is 5.76 Å². The van der Waals surface area contributed by atoms with Crippen molar-refractivity contribution in [1.29, 1.82) is 0 Å². The van der Waals surface area contributed by atoms with Gasteiger partial charge in [0.2, 0.25) is 0 Å². The van der Waals surface area contributed by atoms with E-state index >= 15 is 0 Å². The van der Waals surface area contributed by atoms with Crippen LogP contribution in [0.3, 0.4) is 0 Å². The molecule has 0 aliphatic heterocycles. The summed E-state index contributed by atoms with van der Waals surface area (Å²) in [5.74, 6) is -0.731. The predicted octanol–water partition coefficient (Wildman–Crippen LogP) is 2.80. The third kappa shape index (κ3) is 3.64. The number of carboxylic acids is 1. The van der Waals surface area contributed by atoms with Crippen LogP contribution in [0.4, 0.5) is 0 Å². The van der Waals surface area contributed by atoms with Gasteiger partial charge in [-0.3, -0.25) is 0 Å². The molecule has 0 radical (unpaired) electrons. The van der Waals surface area contributed by atoms with Gasteiger partial charge in [0.15, 0.2) is 0 Å². The Bertz CT molecular complexity index is 385. The molecule has 0 aliphatic rings. The van der Waals surface area contributed by atoms with E-state index in [2.05, 4.69) is 0 Å². The van der Waals surface area contributed by atoms with Crippen molar-refractivity contribution in [1.82, 2.24) is 0 Å². The molecule has 1 aromatic carbocycles. The van der Waals surface area contributed by atoms with Gasteiger partial charge in [-0.2, -0.15) is 0 Å². The molecule has 0 spiro atoms. The average molecular weight is 227 g/mol. The van der Waals surface area contributed by atoms with E-state index < -0.39 is 5.97 Å². The lowest BCUT2D eigenvalue weighted by atomic mass is 10.2. The van der Waals surface area contributed by atoms with E-state index in [1.807, 2.05) is 0 Å². The second-order valence-electron chi connectivity index (χ2n) is 2.79. The SMILES string of the molecule is CCO/C(=C/C(=O)O)c1cccc(Cl)c1. The Morgan fingerprint density at radius 1 is 1.60 bits per heavy atom. The van der Waals surface area contributed by atoms with Crippen molar-refractivity contribution in [2.45, 2.75) is 6.92 Å². The minimum absolute atomic E-state index is 0.313.